The lowest BCUT2D eigenvalue weighted by Gasteiger charge is -2.13. The lowest BCUT2D eigenvalue weighted by molar-refractivity contribution is 0.436. The zero-order valence-corrected chi connectivity index (χ0v) is 11.9. The zero-order valence-electron chi connectivity index (χ0n) is 11.1. The Balaban J connectivity index is 2.27. The highest BCUT2D eigenvalue weighted by Gasteiger charge is 2.21. The van der Waals surface area contributed by atoms with Gasteiger partial charge in [-0.1, -0.05) is 38.1 Å². The van der Waals surface area contributed by atoms with Crippen molar-refractivity contribution in [2.45, 2.75) is 26.2 Å². The van der Waals surface area contributed by atoms with E-state index in [-0.39, 0.29) is 5.41 Å². The monoisotopic (exact) mass is 273 g/mol. The molecule has 0 saturated heterocycles. The van der Waals surface area contributed by atoms with Gasteiger partial charge in [-0.15, -0.1) is 11.3 Å². The summed E-state index contributed by atoms with van der Waals surface area (Å²) in [6.07, 6.45) is 1.64. The maximum atomic E-state index is 5.80. The molecule has 0 atom stereocenters. The van der Waals surface area contributed by atoms with Crippen molar-refractivity contribution in [3.05, 3.63) is 29.4 Å². The fourth-order valence-corrected chi connectivity index (χ4v) is 2.99. The number of nitrogens with zero attached hydrogens (tertiary/aromatic N) is 2. The molecule has 2 heterocycles. The van der Waals surface area contributed by atoms with Crippen molar-refractivity contribution in [2.24, 2.45) is 0 Å². The molecule has 1 aromatic carbocycles. The van der Waals surface area contributed by atoms with Crippen molar-refractivity contribution in [2.75, 3.05) is 5.73 Å². The van der Waals surface area contributed by atoms with E-state index < -0.39 is 0 Å². The Labute approximate surface area is 115 Å². The number of para-hydroxylation sites is 1. The van der Waals surface area contributed by atoms with Crippen LogP contribution in [0, 0.1) is 0 Å². The molecule has 5 heteroatoms. The number of nitrogen functional groups attached to an aromatic ring is 1. The third-order valence-corrected chi connectivity index (χ3v) is 4.40. The first-order valence-corrected chi connectivity index (χ1v) is 6.89. The molecule has 0 spiro atoms. The van der Waals surface area contributed by atoms with Gasteiger partial charge in [0.2, 0.25) is 5.88 Å². The van der Waals surface area contributed by atoms with Gasteiger partial charge in [0.1, 0.15) is 0 Å². The summed E-state index contributed by atoms with van der Waals surface area (Å²) in [5.74, 6) is 0.331. The van der Waals surface area contributed by atoms with E-state index in [0.29, 0.717) is 5.88 Å². The maximum absolute atomic E-state index is 5.80. The van der Waals surface area contributed by atoms with Gasteiger partial charge in [0.05, 0.1) is 27.0 Å². The first kappa shape index (κ1) is 12.2. The zero-order chi connectivity index (χ0) is 13.6. The van der Waals surface area contributed by atoms with Crippen molar-refractivity contribution in [1.29, 1.82) is 0 Å². The maximum Gasteiger partial charge on any atom is 0.230 e. The molecule has 0 aliphatic carbocycles. The Morgan fingerprint density at radius 3 is 2.63 bits per heavy atom. The number of anilines is 1. The van der Waals surface area contributed by atoms with E-state index in [2.05, 4.69) is 32.0 Å². The Morgan fingerprint density at radius 1 is 1.21 bits per heavy atom. The van der Waals surface area contributed by atoms with E-state index in [1.807, 2.05) is 12.1 Å². The van der Waals surface area contributed by atoms with Crippen LogP contribution in [0.15, 0.2) is 28.9 Å². The molecule has 0 bridgehead atoms. The summed E-state index contributed by atoms with van der Waals surface area (Å²) in [5.41, 5.74) is 8.59. The Bertz CT molecular complexity index is 737. The first-order chi connectivity index (χ1) is 8.97. The SMILES string of the molecule is CC(C)(C)c1nc2c(-c3cnoc3N)cccc2s1. The van der Waals surface area contributed by atoms with Crippen LogP contribution in [0.25, 0.3) is 21.3 Å². The highest BCUT2D eigenvalue weighted by Crippen LogP contribution is 2.37. The molecular weight excluding hydrogens is 258 g/mol. The summed E-state index contributed by atoms with van der Waals surface area (Å²) in [6, 6.07) is 6.08. The minimum atomic E-state index is 0.0428. The van der Waals surface area contributed by atoms with E-state index >= 15 is 0 Å². The van der Waals surface area contributed by atoms with Gasteiger partial charge in [-0.25, -0.2) is 4.98 Å². The minimum absolute atomic E-state index is 0.0428. The molecule has 2 N–H and O–H groups in total. The summed E-state index contributed by atoms with van der Waals surface area (Å²) in [7, 11) is 0. The number of benzene rings is 1. The number of fused-ring (bicyclic) bond motifs is 1. The normalized spacial score (nSPS) is 12.2. The van der Waals surface area contributed by atoms with Crippen molar-refractivity contribution in [3.8, 4) is 11.1 Å². The number of hydrogen-bond donors (Lipinski definition) is 1. The molecule has 0 fully saturated rings. The van der Waals surface area contributed by atoms with Crippen molar-refractivity contribution in [3.63, 3.8) is 0 Å². The third kappa shape index (κ3) is 2.00. The number of aromatic nitrogens is 2. The molecular formula is C14H15N3OS. The van der Waals surface area contributed by atoms with Crippen molar-refractivity contribution < 1.29 is 4.52 Å². The smallest absolute Gasteiger partial charge is 0.230 e. The van der Waals surface area contributed by atoms with E-state index in [1.165, 1.54) is 0 Å². The predicted octanol–water partition coefficient (Wildman–Crippen LogP) is 3.83. The topological polar surface area (TPSA) is 64.9 Å². The van der Waals surface area contributed by atoms with E-state index in [1.54, 1.807) is 17.5 Å². The Kier molecular flexibility index (Phi) is 2.60. The van der Waals surface area contributed by atoms with Gasteiger partial charge in [0.25, 0.3) is 0 Å². The van der Waals surface area contributed by atoms with Crippen LogP contribution in [-0.2, 0) is 5.41 Å². The average Bonchev–Trinajstić information content (AvgIpc) is 2.93. The molecule has 19 heavy (non-hydrogen) atoms. The van der Waals surface area contributed by atoms with Crippen molar-refractivity contribution in [1.82, 2.24) is 10.1 Å². The third-order valence-electron chi connectivity index (χ3n) is 2.95. The van der Waals surface area contributed by atoms with Gasteiger partial charge in [0, 0.05) is 11.0 Å². The van der Waals surface area contributed by atoms with Gasteiger partial charge in [-0.05, 0) is 6.07 Å². The standard InChI is InChI=1S/C14H15N3OS/c1-14(2,3)13-17-11-8(5-4-6-10(11)19-13)9-7-16-18-12(9)15/h4-7H,15H2,1-3H3. The van der Waals surface area contributed by atoms with Gasteiger partial charge in [-0.3, -0.25) is 0 Å². The molecule has 3 aromatic rings. The molecule has 2 aromatic heterocycles. The molecule has 0 amide bonds. The fourth-order valence-electron chi connectivity index (χ4n) is 1.94. The van der Waals surface area contributed by atoms with Gasteiger partial charge in [0.15, 0.2) is 0 Å². The Hall–Kier alpha value is -1.88. The van der Waals surface area contributed by atoms with Crippen LogP contribution in [0.4, 0.5) is 5.88 Å². The quantitative estimate of drug-likeness (QED) is 0.731. The summed E-state index contributed by atoms with van der Waals surface area (Å²) < 4.78 is 6.10. The predicted molar refractivity (Wildman–Crippen MR) is 78.2 cm³/mol. The number of hydrogen-bond acceptors (Lipinski definition) is 5. The summed E-state index contributed by atoms with van der Waals surface area (Å²) in [4.78, 5) is 4.77. The van der Waals surface area contributed by atoms with Crippen LogP contribution in [0.1, 0.15) is 25.8 Å². The molecule has 0 saturated carbocycles. The second-order valence-electron chi connectivity index (χ2n) is 5.53. The fraction of sp³-hybridized carbons (Fsp3) is 0.286. The molecule has 0 radical (unpaired) electrons. The van der Waals surface area contributed by atoms with E-state index in [4.69, 9.17) is 15.2 Å². The van der Waals surface area contributed by atoms with Crippen molar-refractivity contribution >= 4 is 27.4 Å². The summed E-state index contributed by atoms with van der Waals surface area (Å²) in [6.45, 7) is 6.49. The molecule has 4 nitrogen and oxygen atoms in total. The largest absolute Gasteiger partial charge is 0.367 e. The highest BCUT2D eigenvalue weighted by molar-refractivity contribution is 7.18. The van der Waals surface area contributed by atoms with Crippen LogP contribution in [0.2, 0.25) is 0 Å². The van der Waals surface area contributed by atoms with E-state index in [9.17, 15) is 0 Å². The number of thiazole rings is 1. The molecule has 3 rings (SSSR count). The second kappa shape index (κ2) is 4.06. The van der Waals surface area contributed by atoms with Crippen LogP contribution in [-0.4, -0.2) is 10.1 Å². The molecule has 0 aliphatic rings. The second-order valence-corrected chi connectivity index (χ2v) is 6.56. The van der Waals surface area contributed by atoms with Crippen LogP contribution in [0.5, 0.6) is 0 Å². The highest BCUT2D eigenvalue weighted by atomic mass is 32.1. The summed E-state index contributed by atoms with van der Waals surface area (Å²) >= 11 is 1.72. The minimum Gasteiger partial charge on any atom is -0.367 e. The van der Waals surface area contributed by atoms with Gasteiger partial charge >= 0.3 is 0 Å². The van der Waals surface area contributed by atoms with Crippen LogP contribution >= 0.6 is 11.3 Å². The lowest BCUT2D eigenvalue weighted by Crippen LogP contribution is -2.09. The first-order valence-electron chi connectivity index (χ1n) is 6.07. The molecule has 0 unspecified atom stereocenters. The van der Waals surface area contributed by atoms with Crippen LogP contribution < -0.4 is 5.73 Å². The van der Waals surface area contributed by atoms with Gasteiger partial charge in [-0.2, -0.15) is 0 Å². The number of nitrogens with two attached hydrogens (primary N) is 1. The average molecular weight is 273 g/mol. The molecule has 98 valence electrons. The van der Waals surface area contributed by atoms with Crippen LogP contribution in [0.3, 0.4) is 0 Å². The summed E-state index contributed by atoms with van der Waals surface area (Å²) in [5, 5.41) is 4.85. The Morgan fingerprint density at radius 2 is 2.00 bits per heavy atom. The lowest BCUT2D eigenvalue weighted by atomic mass is 9.98. The van der Waals surface area contributed by atoms with Gasteiger partial charge < -0.3 is 10.3 Å². The molecule has 0 aliphatic heterocycles. The van der Waals surface area contributed by atoms with E-state index in [0.717, 1.165) is 26.4 Å². The number of rotatable bonds is 1.